The van der Waals surface area contributed by atoms with Crippen molar-refractivity contribution in [1.29, 1.82) is 0 Å². The zero-order valence-corrected chi connectivity index (χ0v) is 18.2. The zero-order valence-electron chi connectivity index (χ0n) is 17.4. The van der Waals surface area contributed by atoms with Gasteiger partial charge in [-0.3, -0.25) is 10.2 Å². The van der Waals surface area contributed by atoms with Gasteiger partial charge in [0, 0.05) is 31.3 Å². The maximum Gasteiger partial charge on any atom is 0.324 e. The molecule has 1 saturated heterocycles. The summed E-state index contributed by atoms with van der Waals surface area (Å²) >= 11 is 6.12. The van der Waals surface area contributed by atoms with Crippen LogP contribution < -0.4 is 15.4 Å². The van der Waals surface area contributed by atoms with E-state index in [1.54, 1.807) is 25.4 Å². The Morgan fingerprint density at radius 3 is 2.61 bits per heavy atom. The van der Waals surface area contributed by atoms with Crippen LogP contribution in [-0.4, -0.2) is 40.9 Å². The summed E-state index contributed by atoms with van der Waals surface area (Å²) < 4.78 is 7.38. The first-order valence-corrected chi connectivity index (χ1v) is 10.7. The van der Waals surface area contributed by atoms with Crippen LogP contribution >= 0.6 is 11.6 Å². The highest BCUT2D eigenvalue weighted by molar-refractivity contribution is 6.33. The number of para-hydroxylation sites is 2. The SMILES string of the molecule is COc1ccccc1CN1CCC(n2nccc2NC(=O)Nc2ccccc2Cl)CC1. The molecule has 0 bridgehead atoms. The number of nitrogens with zero attached hydrogens (tertiary/aromatic N) is 3. The molecule has 162 valence electrons. The molecule has 0 saturated carbocycles. The van der Waals surface area contributed by atoms with Crippen LogP contribution in [0, 0.1) is 0 Å². The summed E-state index contributed by atoms with van der Waals surface area (Å²) in [6, 6.07) is 17.0. The average molecular weight is 440 g/mol. The van der Waals surface area contributed by atoms with E-state index in [0.717, 1.165) is 38.2 Å². The number of methoxy groups -OCH3 is 1. The maximum absolute atomic E-state index is 12.4. The Hall–Kier alpha value is -3.03. The third-order valence-corrected chi connectivity index (χ3v) is 5.85. The van der Waals surface area contributed by atoms with Crippen LogP contribution in [0.5, 0.6) is 5.75 Å². The number of hydrogen-bond donors (Lipinski definition) is 2. The molecular weight excluding hydrogens is 414 g/mol. The van der Waals surface area contributed by atoms with Gasteiger partial charge in [0.15, 0.2) is 0 Å². The van der Waals surface area contributed by atoms with Gasteiger partial charge in [-0.05, 0) is 31.0 Å². The van der Waals surface area contributed by atoms with E-state index in [4.69, 9.17) is 16.3 Å². The molecule has 0 spiro atoms. The molecule has 31 heavy (non-hydrogen) atoms. The molecule has 1 aromatic heterocycles. The number of halogens is 1. The minimum Gasteiger partial charge on any atom is -0.496 e. The van der Waals surface area contributed by atoms with E-state index in [1.165, 1.54) is 5.56 Å². The van der Waals surface area contributed by atoms with Crippen LogP contribution in [0.2, 0.25) is 5.02 Å². The molecule has 0 atom stereocenters. The monoisotopic (exact) mass is 439 g/mol. The lowest BCUT2D eigenvalue weighted by atomic mass is 10.0. The lowest BCUT2D eigenvalue weighted by Gasteiger charge is -2.33. The van der Waals surface area contributed by atoms with Crippen LogP contribution in [0.3, 0.4) is 0 Å². The number of benzene rings is 2. The first kappa shape index (κ1) is 21.2. The molecule has 2 N–H and O–H groups in total. The van der Waals surface area contributed by atoms with Gasteiger partial charge < -0.3 is 10.1 Å². The van der Waals surface area contributed by atoms with E-state index in [9.17, 15) is 4.79 Å². The number of rotatable bonds is 6. The number of urea groups is 1. The summed E-state index contributed by atoms with van der Waals surface area (Å²) in [6.45, 7) is 2.77. The number of nitrogens with one attached hydrogen (secondary N) is 2. The molecule has 7 nitrogen and oxygen atoms in total. The molecule has 8 heteroatoms. The van der Waals surface area contributed by atoms with Crippen molar-refractivity contribution in [3.63, 3.8) is 0 Å². The van der Waals surface area contributed by atoms with Crippen molar-refractivity contribution in [1.82, 2.24) is 14.7 Å². The summed E-state index contributed by atoms with van der Waals surface area (Å²) in [4.78, 5) is 14.9. The predicted octanol–water partition coefficient (Wildman–Crippen LogP) is 5.03. The first-order chi connectivity index (χ1) is 15.1. The molecule has 1 fully saturated rings. The zero-order chi connectivity index (χ0) is 21.6. The van der Waals surface area contributed by atoms with Gasteiger partial charge in [0.2, 0.25) is 0 Å². The third-order valence-electron chi connectivity index (χ3n) is 5.52. The van der Waals surface area contributed by atoms with E-state index in [2.05, 4.69) is 26.7 Å². The number of likely N-dealkylation sites (tertiary alicyclic amines) is 1. The quantitative estimate of drug-likeness (QED) is 0.565. The summed E-state index contributed by atoms with van der Waals surface area (Å²) in [7, 11) is 1.71. The van der Waals surface area contributed by atoms with Gasteiger partial charge in [-0.2, -0.15) is 5.10 Å². The Labute approximate surface area is 187 Å². The summed E-state index contributed by atoms with van der Waals surface area (Å²) in [5.41, 5.74) is 1.76. The fourth-order valence-electron chi connectivity index (χ4n) is 3.93. The number of hydrogen-bond acceptors (Lipinski definition) is 4. The summed E-state index contributed by atoms with van der Waals surface area (Å²) in [6.07, 6.45) is 3.63. The largest absolute Gasteiger partial charge is 0.496 e. The number of carbonyl (C=O) groups is 1. The van der Waals surface area contributed by atoms with E-state index in [-0.39, 0.29) is 12.1 Å². The smallest absolute Gasteiger partial charge is 0.324 e. The highest BCUT2D eigenvalue weighted by Crippen LogP contribution is 2.28. The van der Waals surface area contributed by atoms with Crippen molar-refractivity contribution < 1.29 is 9.53 Å². The molecule has 1 aliphatic heterocycles. The second kappa shape index (κ2) is 9.85. The standard InChI is InChI=1S/C23H26ClN5O2/c1-31-21-9-5-2-6-17(21)16-28-14-11-18(12-15-28)29-22(10-13-25-29)27-23(30)26-20-8-4-3-7-19(20)24/h2-10,13,18H,11-12,14-16H2,1H3,(H2,26,27,30). The highest BCUT2D eigenvalue weighted by atomic mass is 35.5. The van der Waals surface area contributed by atoms with Crippen molar-refractivity contribution in [3.8, 4) is 5.75 Å². The van der Waals surface area contributed by atoms with Crippen molar-refractivity contribution in [2.75, 3.05) is 30.8 Å². The van der Waals surface area contributed by atoms with Gasteiger partial charge in [0.1, 0.15) is 11.6 Å². The van der Waals surface area contributed by atoms with Gasteiger partial charge in [-0.15, -0.1) is 0 Å². The van der Waals surface area contributed by atoms with Gasteiger partial charge in [-0.1, -0.05) is 41.9 Å². The second-order valence-corrected chi connectivity index (χ2v) is 7.95. The number of ether oxygens (including phenoxy) is 1. The van der Waals surface area contributed by atoms with Crippen LogP contribution in [0.4, 0.5) is 16.3 Å². The van der Waals surface area contributed by atoms with Gasteiger partial charge >= 0.3 is 6.03 Å². The Morgan fingerprint density at radius 2 is 1.84 bits per heavy atom. The summed E-state index contributed by atoms with van der Waals surface area (Å²) in [5.74, 6) is 1.60. The van der Waals surface area contributed by atoms with Crippen molar-refractivity contribution in [2.45, 2.75) is 25.4 Å². The third kappa shape index (κ3) is 5.18. The average Bonchev–Trinajstić information content (AvgIpc) is 3.24. The molecular formula is C23H26ClN5O2. The molecule has 2 heterocycles. The first-order valence-electron chi connectivity index (χ1n) is 10.3. The van der Waals surface area contributed by atoms with E-state index in [1.807, 2.05) is 41.1 Å². The van der Waals surface area contributed by atoms with Gasteiger partial charge in [0.25, 0.3) is 0 Å². The number of piperidine rings is 1. The maximum atomic E-state index is 12.4. The Balaban J connectivity index is 1.34. The molecule has 0 unspecified atom stereocenters. The highest BCUT2D eigenvalue weighted by Gasteiger charge is 2.24. The minimum absolute atomic E-state index is 0.236. The minimum atomic E-state index is -0.344. The van der Waals surface area contributed by atoms with E-state index < -0.39 is 0 Å². The Morgan fingerprint density at radius 1 is 1.10 bits per heavy atom. The second-order valence-electron chi connectivity index (χ2n) is 7.54. The Bertz CT molecular complexity index is 1030. The fourth-order valence-corrected chi connectivity index (χ4v) is 4.12. The number of anilines is 2. The normalized spacial score (nSPS) is 14.9. The van der Waals surface area contributed by atoms with Crippen LogP contribution in [-0.2, 0) is 6.54 Å². The lowest BCUT2D eigenvalue weighted by Crippen LogP contribution is -2.35. The van der Waals surface area contributed by atoms with Crippen LogP contribution in [0.15, 0.2) is 60.8 Å². The Kier molecular flexibility index (Phi) is 6.74. The van der Waals surface area contributed by atoms with Crippen molar-refractivity contribution in [2.24, 2.45) is 0 Å². The van der Waals surface area contributed by atoms with Gasteiger partial charge in [0.05, 0.1) is 30.1 Å². The topological polar surface area (TPSA) is 71.4 Å². The van der Waals surface area contributed by atoms with E-state index in [0.29, 0.717) is 16.5 Å². The van der Waals surface area contributed by atoms with Crippen LogP contribution in [0.25, 0.3) is 0 Å². The number of amides is 2. The molecule has 0 aliphatic carbocycles. The molecule has 3 aromatic rings. The number of aromatic nitrogens is 2. The fraction of sp³-hybridized carbons (Fsp3) is 0.304. The lowest BCUT2D eigenvalue weighted by molar-refractivity contribution is 0.173. The predicted molar refractivity (Wildman–Crippen MR) is 123 cm³/mol. The number of carbonyl (C=O) groups excluding carboxylic acids is 1. The molecule has 0 radical (unpaired) electrons. The molecule has 2 aromatic carbocycles. The van der Waals surface area contributed by atoms with E-state index >= 15 is 0 Å². The summed E-state index contributed by atoms with van der Waals surface area (Å²) in [5, 5.41) is 10.6. The van der Waals surface area contributed by atoms with Crippen molar-refractivity contribution >= 4 is 29.1 Å². The molecule has 4 rings (SSSR count). The van der Waals surface area contributed by atoms with Crippen molar-refractivity contribution in [3.05, 3.63) is 71.4 Å². The molecule has 1 aliphatic rings. The van der Waals surface area contributed by atoms with Crippen LogP contribution in [0.1, 0.15) is 24.4 Å². The van der Waals surface area contributed by atoms with Gasteiger partial charge in [-0.25, -0.2) is 9.48 Å². The molecule has 2 amide bonds.